The van der Waals surface area contributed by atoms with Crippen LogP contribution in [0, 0.1) is 5.92 Å². The van der Waals surface area contributed by atoms with Crippen LogP contribution in [0.1, 0.15) is 46.6 Å². The van der Waals surface area contributed by atoms with Crippen molar-refractivity contribution in [2.45, 2.75) is 53.7 Å². The summed E-state index contributed by atoms with van der Waals surface area (Å²) in [4.78, 5) is 4.47. The zero-order valence-corrected chi connectivity index (χ0v) is 19.3. The molecule has 0 fully saturated rings. The Kier molecular flexibility index (Phi) is 10.3. The lowest BCUT2D eigenvalue weighted by Gasteiger charge is -2.26. The monoisotopic (exact) mass is 417 g/mol. The summed E-state index contributed by atoms with van der Waals surface area (Å²) in [6.45, 7) is 15.5. The molecule has 0 aliphatic carbocycles. The first-order chi connectivity index (χ1) is 14.5. The number of ether oxygens (including phenoxy) is 1. The van der Waals surface area contributed by atoms with Crippen molar-refractivity contribution in [2.75, 3.05) is 44.3 Å². The topological polar surface area (TPSA) is 62.0 Å². The Hall–Kier alpha value is -1.89. The fourth-order valence-corrected chi connectivity index (χ4v) is 3.59. The summed E-state index contributed by atoms with van der Waals surface area (Å²) < 4.78 is 11.5. The van der Waals surface area contributed by atoms with Crippen LogP contribution in [-0.4, -0.2) is 60.7 Å². The molecule has 6 heteroatoms. The minimum absolute atomic E-state index is 0.358. The Morgan fingerprint density at radius 2 is 1.77 bits per heavy atom. The lowest BCUT2D eigenvalue weighted by Crippen LogP contribution is -2.36. The second kappa shape index (κ2) is 12.7. The molecular weight excluding hydrogens is 378 g/mol. The molecule has 0 radical (unpaired) electrons. The quantitative estimate of drug-likeness (QED) is 0.490. The lowest BCUT2D eigenvalue weighted by atomic mass is 10.1. The highest BCUT2D eigenvalue weighted by atomic mass is 16.5. The maximum Gasteiger partial charge on any atom is 0.232 e. The smallest absolute Gasteiger partial charge is 0.232 e. The highest BCUT2D eigenvalue weighted by Gasteiger charge is 2.24. The van der Waals surface area contributed by atoms with Crippen molar-refractivity contribution >= 4 is 5.88 Å². The Morgan fingerprint density at radius 3 is 2.37 bits per heavy atom. The molecule has 0 unspecified atom stereocenters. The molecule has 30 heavy (non-hydrogen) atoms. The Bertz CT molecular complexity index is 714. The molecule has 1 N–H and O–H groups in total. The first-order valence-corrected chi connectivity index (χ1v) is 11.3. The van der Waals surface area contributed by atoms with Crippen molar-refractivity contribution in [1.82, 2.24) is 10.1 Å². The first kappa shape index (κ1) is 24.4. The summed E-state index contributed by atoms with van der Waals surface area (Å²) >= 11 is 0. The number of aliphatic hydroxyl groups excluding tert-OH is 1. The van der Waals surface area contributed by atoms with Crippen LogP contribution < -0.4 is 4.90 Å². The van der Waals surface area contributed by atoms with E-state index < -0.39 is 6.10 Å². The van der Waals surface area contributed by atoms with Crippen molar-refractivity contribution in [3.8, 4) is 11.3 Å². The van der Waals surface area contributed by atoms with Crippen molar-refractivity contribution in [1.29, 1.82) is 0 Å². The second-order valence-corrected chi connectivity index (χ2v) is 8.17. The predicted octanol–water partition coefficient (Wildman–Crippen LogP) is 4.43. The fraction of sp³-hybridized carbons (Fsp3) is 0.625. The van der Waals surface area contributed by atoms with Crippen molar-refractivity contribution < 1.29 is 14.4 Å². The SMILES string of the molecule is CCCN(Cc1c(-c2ccccc2)noc1N(CC)CC)C[C@@H](O)COCC(C)C. The molecule has 0 aliphatic heterocycles. The lowest BCUT2D eigenvalue weighted by molar-refractivity contribution is 0.00693. The van der Waals surface area contributed by atoms with Crippen LogP contribution in [0.4, 0.5) is 5.88 Å². The molecule has 2 aromatic rings. The minimum Gasteiger partial charge on any atom is -0.389 e. The summed E-state index contributed by atoms with van der Waals surface area (Å²) in [6.07, 6.45) is 0.485. The van der Waals surface area contributed by atoms with E-state index in [-0.39, 0.29) is 0 Å². The average molecular weight is 418 g/mol. The number of anilines is 1. The van der Waals surface area contributed by atoms with Gasteiger partial charge in [0.05, 0.1) is 18.3 Å². The third kappa shape index (κ3) is 7.11. The average Bonchev–Trinajstić information content (AvgIpc) is 3.13. The van der Waals surface area contributed by atoms with Gasteiger partial charge >= 0.3 is 0 Å². The standard InChI is InChI=1S/C24H39N3O3/c1-6-14-26(15-21(28)18-29-17-19(4)5)16-22-23(20-12-10-9-11-13-20)25-30-24(22)27(7-2)8-3/h9-13,19,21,28H,6-8,14-18H2,1-5H3/t21-/m1/s1. The predicted molar refractivity (Wildman–Crippen MR) is 123 cm³/mol. The molecule has 0 spiro atoms. The molecule has 2 rings (SSSR count). The van der Waals surface area contributed by atoms with Gasteiger partial charge in [-0.15, -0.1) is 0 Å². The highest BCUT2D eigenvalue weighted by Crippen LogP contribution is 2.32. The molecule has 1 atom stereocenters. The molecule has 0 saturated heterocycles. The van der Waals surface area contributed by atoms with E-state index in [1.165, 1.54) is 0 Å². The van der Waals surface area contributed by atoms with Gasteiger partial charge in [-0.05, 0) is 32.7 Å². The van der Waals surface area contributed by atoms with E-state index in [2.05, 4.69) is 61.7 Å². The maximum absolute atomic E-state index is 10.5. The summed E-state index contributed by atoms with van der Waals surface area (Å²) in [5.41, 5.74) is 3.00. The summed E-state index contributed by atoms with van der Waals surface area (Å²) in [6, 6.07) is 10.2. The van der Waals surface area contributed by atoms with Gasteiger partial charge in [-0.3, -0.25) is 4.90 Å². The zero-order chi connectivity index (χ0) is 21.9. The molecule has 1 aromatic carbocycles. The molecule has 1 aromatic heterocycles. The van der Waals surface area contributed by atoms with Crippen LogP contribution in [0.3, 0.4) is 0 Å². The number of rotatable bonds is 14. The van der Waals surface area contributed by atoms with Crippen LogP contribution in [0.2, 0.25) is 0 Å². The van der Waals surface area contributed by atoms with Gasteiger partial charge in [0.1, 0.15) is 5.69 Å². The van der Waals surface area contributed by atoms with Gasteiger partial charge in [0.15, 0.2) is 0 Å². The molecule has 6 nitrogen and oxygen atoms in total. The van der Waals surface area contributed by atoms with Gasteiger partial charge in [0, 0.05) is 38.3 Å². The van der Waals surface area contributed by atoms with Gasteiger partial charge in [-0.1, -0.05) is 56.3 Å². The number of hydrogen-bond donors (Lipinski definition) is 1. The van der Waals surface area contributed by atoms with E-state index in [0.717, 1.165) is 48.8 Å². The van der Waals surface area contributed by atoms with Crippen molar-refractivity contribution in [2.24, 2.45) is 5.92 Å². The van der Waals surface area contributed by atoms with E-state index >= 15 is 0 Å². The number of benzene rings is 1. The molecular formula is C24H39N3O3. The minimum atomic E-state index is -0.521. The van der Waals surface area contributed by atoms with E-state index in [1.54, 1.807) is 0 Å². The first-order valence-electron chi connectivity index (χ1n) is 11.3. The van der Waals surface area contributed by atoms with Gasteiger partial charge < -0.3 is 19.3 Å². The second-order valence-electron chi connectivity index (χ2n) is 8.17. The molecule has 1 heterocycles. The van der Waals surface area contributed by atoms with Crippen LogP contribution in [0.15, 0.2) is 34.9 Å². The van der Waals surface area contributed by atoms with E-state index in [0.29, 0.717) is 32.2 Å². The van der Waals surface area contributed by atoms with Crippen LogP contribution in [0.25, 0.3) is 11.3 Å². The van der Waals surface area contributed by atoms with Crippen molar-refractivity contribution in [3.63, 3.8) is 0 Å². The molecule has 0 amide bonds. The zero-order valence-electron chi connectivity index (χ0n) is 19.3. The maximum atomic E-state index is 10.5. The normalized spacial score (nSPS) is 12.7. The Morgan fingerprint density at radius 1 is 1.07 bits per heavy atom. The van der Waals surface area contributed by atoms with Crippen LogP contribution >= 0.6 is 0 Å². The highest BCUT2D eigenvalue weighted by molar-refractivity contribution is 5.68. The van der Waals surface area contributed by atoms with Gasteiger partial charge in [-0.2, -0.15) is 0 Å². The van der Waals surface area contributed by atoms with E-state index in [1.807, 2.05) is 18.2 Å². The summed E-state index contributed by atoms with van der Waals surface area (Å²) in [5, 5.41) is 15.0. The van der Waals surface area contributed by atoms with Gasteiger partial charge in [-0.25, -0.2) is 0 Å². The van der Waals surface area contributed by atoms with E-state index in [9.17, 15) is 5.11 Å². The third-order valence-electron chi connectivity index (χ3n) is 5.02. The largest absolute Gasteiger partial charge is 0.389 e. The number of aromatic nitrogens is 1. The van der Waals surface area contributed by atoms with Crippen LogP contribution in [0.5, 0.6) is 0 Å². The number of hydrogen-bond acceptors (Lipinski definition) is 6. The number of nitrogens with zero attached hydrogens (tertiary/aromatic N) is 3. The summed E-state index contributed by atoms with van der Waals surface area (Å²) in [5.74, 6) is 1.29. The number of aliphatic hydroxyl groups is 1. The molecule has 0 bridgehead atoms. The summed E-state index contributed by atoms with van der Waals surface area (Å²) in [7, 11) is 0. The molecule has 0 saturated carbocycles. The van der Waals surface area contributed by atoms with Crippen LogP contribution in [-0.2, 0) is 11.3 Å². The Labute approximate surface area is 181 Å². The third-order valence-corrected chi connectivity index (χ3v) is 5.02. The van der Waals surface area contributed by atoms with Crippen molar-refractivity contribution in [3.05, 3.63) is 35.9 Å². The fourth-order valence-electron chi connectivity index (χ4n) is 3.59. The molecule has 0 aliphatic rings. The Balaban J connectivity index is 2.23. The van der Waals surface area contributed by atoms with Gasteiger partial charge in [0.2, 0.25) is 5.88 Å². The van der Waals surface area contributed by atoms with E-state index in [4.69, 9.17) is 9.26 Å². The molecule has 168 valence electrons. The van der Waals surface area contributed by atoms with Gasteiger partial charge in [0.25, 0.3) is 0 Å².